The number of carbonyl (C=O) groups excluding carboxylic acids is 3. The van der Waals surface area contributed by atoms with Gasteiger partial charge < -0.3 is 135 Å². The Bertz CT molecular complexity index is 2030. The second kappa shape index (κ2) is 26.2. The summed E-state index contributed by atoms with van der Waals surface area (Å²) in [5.41, 5.74) is 0. The average molecular weight is 1120 g/mol. The van der Waals surface area contributed by atoms with Crippen LogP contribution in [-0.2, 0) is 76.4 Å². The maximum atomic E-state index is 13.1. The van der Waals surface area contributed by atoms with Crippen LogP contribution in [0.1, 0.15) is 27.2 Å². The molecule has 3 amide bonds. The first-order valence-electron chi connectivity index (χ1n) is 22.9. The summed E-state index contributed by atoms with van der Waals surface area (Å²) in [6, 6.07) is -5.29. The Morgan fingerprint density at radius 2 is 1.13 bits per heavy atom. The second-order valence-electron chi connectivity index (χ2n) is 18.2. The maximum absolute atomic E-state index is 13.1. The van der Waals surface area contributed by atoms with Crippen molar-refractivity contribution in [1.82, 2.24) is 16.0 Å². The van der Waals surface area contributed by atoms with Crippen molar-refractivity contribution in [2.24, 2.45) is 0 Å². The van der Waals surface area contributed by atoms with Crippen molar-refractivity contribution in [3.63, 3.8) is 0 Å². The van der Waals surface area contributed by atoms with E-state index in [0.29, 0.717) is 0 Å². The number of rotatable bonds is 21. The Kier molecular flexibility index (Phi) is 21.9. The lowest BCUT2D eigenvalue weighted by molar-refractivity contribution is -0.363. The van der Waals surface area contributed by atoms with Gasteiger partial charge in [0.1, 0.15) is 116 Å². The predicted molar refractivity (Wildman–Crippen MR) is 229 cm³/mol. The third kappa shape index (κ3) is 14.8. The Morgan fingerprint density at radius 1 is 0.613 bits per heavy atom. The first-order chi connectivity index (χ1) is 35.0. The Morgan fingerprint density at radius 3 is 1.68 bits per heavy atom. The minimum absolute atomic E-state index is 0.824. The van der Waals surface area contributed by atoms with Crippen molar-refractivity contribution >= 4 is 34.1 Å². The number of amides is 3. The van der Waals surface area contributed by atoms with Crippen molar-refractivity contribution in [1.29, 1.82) is 0 Å². The van der Waals surface area contributed by atoms with Crippen molar-refractivity contribution in [2.75, 3.05) is 33.0 Å². The molecule has 0 saturated carbocycles. The zero-order valence-electron chi connectivity index (χ0n) is 39.8. The number of aliphatic carboxylic acids is 1. The fourth-order valence-electron chi connectivity index (χ4n) is 8.97. The summed E-state index contributed by atoms with van der Waals surface area (Å²) in [6.45, 7) is -2.58. The molecule has 0 aromatic heterocycles. The number of ether oxygens (including phenoxy) is 9. The number of nitrogens with one attached hydrogen (secondary N) is 3. The molecular weight excluding hydrogens is 1050 g/mol. The molecule has 75 heavy (non-hydrogen) atoms. The fraction of sp³-hybridized carbons (Fsp3) is 0.897. The van der Waals surface area contributed by atoms with Crippen molar-refractivity contribution in [3.05, 3.63) is 0 Å². The highest BCUT2D eigenvalue weighted by atomic mass is 32.3. The molecule has 5 rings (SSSR count). The lowest BCUT2D eigenvalue weighted by atomic mass is 9.88. The molecule has 5 fully saturated rings. The summed E-state index contributed by atoms with van der Waals surface area (Å²) in [5.74, 6) is -7.82. The third-order valence-corrected chi connectivity index (χ3v) is 13.1. The summed E-state index contributed by atoms with van der Waals surface area (Å²) >= 11 is 0. The highest BCUT2D eigenvalue weighted by molar-refractivity contribution is 7.80. The lowest BCUT2D eigenvalue weighted by Crippen LogP contribution is -2.70. The molecule has 0 radical (unpaired) electrons. The van der Waals surface area contributed by atoms with E-state index in [-0.39, 0.29) is 0 Å². The van der Waals surface area contributed by atoms with Gasteiger partial charge in [0.05, 0.1) is 45.2 Å². The molecule has 5 heterocycles. The van der Waals surface area contributed by atoms with E-state index in [1.807, 2.05) is 0 Å². The van der Waals surface area contributed by atoms with Crippen LogP contribution in [0, 0.1) is 0 Å². The van der Waals surface area contributed by atoms with Gasteiger partial charge in [-0.05, 0) is 0 Å². The smallest absolute Gasteiger partial charge is 0.397 e. The molecule has 0 aromatic carbocycles. The summed E-state index contributed by atoms with van der Waals surface area (Å²) in [6.07, 6.45) is -46.8. The SMILES string of the molecule is CC(=O)N[C@@H]1[C@@H](O[C@@H]2O[C@H](CO)[C@H](O)[C@H](O)[C@H]2O)[C@@H](O)[C@@H](CO[C@@H]2O[C@H](CO[C@]3(C(=O)O)C[C@H](O)[C@@H](NC(C)=O)[C@H]([C@H](O)[C@H](O)CO)O3)[C@@H](O[C@@H]3O[C@H](CO)[C@H](O)[C@H](OS(=O)(=O)O)[C@H]3O)[C@H](O)[C@H]2NC(C)=O)O[C@@H]1O. The number of carbonyl (C=O) groups is 4. The number of hydrogen-bond donors (Lipinski definition) is 19. The molecule has 5 aliphatic heterocycles. The summed E-state index contributed by atoms with van der Waals surface area (Å²) in [7, 11) is -5.50. The molecule has 19 N–H and O–H groups in total. The van der Waals surface area contributed by atoms with Crippen LogP contribution < -0.4 is 16.0 Å². The zero-order chi connectivity index (χ0) is 56.2. The third-order valence-electron chi connectivity index (χ3n) is 12.7. The Hall–Kier alpha value is -3.17. The van der Waals surface area contributed by atoms with Crippen LogP contribution in [0.15, 0.2) is 0 Å². The van der Waals surface area contributed by atoms with Gasteiger partial charge in [0, 0.05) is 27.2 Å². The van der Waals surface area contributed by atoms with Gasteiger partial charge in [-0.25, -0.2) is 8.98 Å². The normalized spacial score (nSPS) is 43.5. The van der Waals surface area contributed by atoms with E-state index in [9.17, 15) is 109 Å². The number of aliphatic hydroxyl groups excluding tert-OH is 14. The van der Waals surface area contributed by atoms with Crippen LogP contribution in [0.2, 0.25) is 0 Å². The van der Waals surface area contributed by atoms with E-state index in [4.69, 9.17) is 42.6 Å². The second-order valence-corrected chi connectivity index (χ2v) is 19.2. The number of aliphatic hydroxyl groups is 14. The molecule has 0 aliphatic carbocycles. The van der Waals surface area contributed by atoms with Gasteiger partial charge in [-0.2, -0.15) is 8.42 Å². The molecule has 26 atom stereocenters. The predicted octanol–water partition coefficient (Wildman–Crippen LogP) is -12.5. The molecule has 0 spiro atoms. The molecule has 5 aliphatic rings. The van der Waals surface area contributed by atoms with Gasteiger partial charge >= 0.3 is 16.4 Å². The van der Waals surface area contributed by atoms with Crippen molar-refractivity contribution in [3.8, 4) is 0 Å². The molecular formula is C39H65N3O32S. The summed E-state index contributed by atoms with van der Waals surface area (Å²) < 4.78 is 88.5. The summed E-state index contributed by atoms with van der Waals surface area (Å²) in [4.78, 5) is 50.1. The molecule has 0 unspecified atom stereocenters. The molecule has 434 valence electrons. The van der Waals surface area contributed by atoms with Gasteiger partial charge in [-0.15, -0.1) is 0 Å². The molecule has 36 heteroatoms. The minimum Gasteiger partial charge on any atom is -0.477 e. The molecule has 0 bridgehead atoms. The summed E-state index contributed by atoms with van der Waals surface area (Å²) in [5, 5.41) is 167. The Balaban J connectivity index is 1.52. The number of carboxylic acid groups (broad SMARTS) is 1. The van der Waals surface area contributed by atoms with E-state index < -0.39 is 232 Å². The largest absolute Gasteiger partial charge is 0.477 e. The van der Waals surface area contributed by atoms with Crippen LogP contribution in [-0.4, -0.2) is 305 Å². The highest BCUT2D eigenvalue weighted by Gasteiger charge is 2.59. The zero-order valence-corrected chi connectivity index (χ0v) is 40.6. The van der Waals surface area contributed by atoms with E-state index in [2.05, 4.69) is 20.1 Å². The molecule has 5 saturated heterocycles. The van der Waals surface area contributed by atoms with E-state index in [1.54, 1.807) is 0 Å². The van der Waals surface area contributed by atoms with Crippen LogP contribution >= 0.6 is 0 Å². The quantitative estimate of drug-likeness (QED) is 0.0475. The van der Waals surface area contributed by atoms with Crippen LogP contribution in [0.4, 0.5) is 0 Å². The van der Waals surface area contributed by atoms with Crippen LogP contribution in [0.3, 0.4) is 0 Å². The monoisotopic (exact) mass is 1120 g/mol. The van der Waals surface area contributed by atoms with Gasteiger partial charge in [0.15, 0.2) is 25.2 Å². The Labute approximate surface area is 424 Å². The van der Waals surface area contributed by atoms with Gasteiger partial charge in [0.25, 0.3) is 5.79 Å². The first-order valence-corrected chi connectivity index (χ1v) is 24.2. The van der Waals surface area contributed by atoms with Gasteiger partial charge in [0.2, 0.25) is 17.7 Å². The van der Waals surface area contributed by atoms with Gasteiger partial charge in [-0.3, -0.25) is 18.9 Å². The van der Waals surface area contributed by atoms with Crippen LogP contribution in [0.5, 0.6) is 0 Å². The van der Waals surface area contributed by atoms with E-state index in [1.165, 1.54) is 0 Å². The molecule has 35 nitrogen and oxygen atoms in total. The van der Waals surface area contributed by atoms with E-state index in [0.717, 1.165) is 20.8 Å². The van der Waals surface area contributed by atoms with Crippen molar-refractivity contribution < 1.29 is 156 Å². The lowest BCUT2D eigenvalue weighted by Gasteiger charge is -2.49. The van der Waals surface area contributed by atoms with E-state index >= 15 is 0 Å². The molecule has 0 aromatic rings. The average Bonchev–Trinajstić information content (AvgIpc) is 3.33. The van der Waals surface area contributed by atoms with Crippen molar-refractivity contribution in [2.45, 2.75) is 186 Å². The number of carboxylic acids is 1. The first kappa shape index (κ1) is 62.7. The maximum Gasteiger partial charge on any atom is 0.397 e. The van der Waals surface area contributed by atoms with Gasteiger partial charge in [-0.1, -0.05) is 0 Å². The highest BCUT2D eigenvalue weighted by Crippen LogP contribution is 2.37. The topological polar surface area (TPSA) is 554 Å². The fourth-order valence-corrected chi connectivity index (χ4v) is 9.48. The van der Waals surface area contributed by atoms with Crippen LogP contribution in [0.25, 0.3) is 0 Å². The standard InChI is InChI=1S/C39H65N3O32S/c1-10(46)40-19-13(49)4-39(38(60)61,73-32(19)22(51)14(50)5-43)66-9-18-30(71-37-29(58)33(74-75(62,63)64)24(53)16(7-45)69-37)26(55)20(41-11(2)47)35(70-18)65-8-17-25(54)31(21(34(59)67-17)42-12(3)48)72-36-28(57)27(56)23(52)15(6-44)68-36/h13-37,43-45,49-59H,4-9H2,1-3H3,(H,40,46)(H,41,47)(H,42,48)(H,60,61)(H,62,63,64)/t13-,14+,15+,16+,17+,18+,19+,20+,21+,22+,23-,24-,25-,26+,27-,28+,29+,30+,31+,32+,33-,34-,35+,36-,37-,39+/m0/s1. The number of hydrogen-bond acceptors (Lipinski definition) is 30. The minimum atomic E-state index is -5.50.